The van der Waals surface area contributed by atoms with Crippen LogP contribution in [0.1, 0.15) is 17.5 Å². The molecule has 3 aromatic carbocycles. The summed E-state index contributed by atoms with van der Waals surface area (Å²) < 4.78 is 0. The van der Waals surface area contributed by atoms with Gasteiger partial charge in [0.05, 0.1) is 0 Å². The molecule has 0 fully saturated rings. The molecule has 19 heavy (non-hydrogen) atoms. The van der Waals surface area contributed by atoms with Crippen molar-refractivity contribution < 1.29 is 20.4 Å². The van der Waals surface area contributed by atoms with Gasteiger partial charge in [0.2, 0.25) is 0 Å². The first-order valence-corrected chi connectivity index (χ1v) is 6.53. The fourth-order valence-corrected chi connectivity index (χ4v) is 3.01. The van der Waals surface area contributed by atoms with Crippen molar-refractivity contribution in [2.24, 2.45) is 0 Å². The number of hydrogen-bond acceptors (Lipinski definition) is 0. The van der Waals surface area contributed by atoms with Crippen molar-refractivity contribution in [1.82, 2.24) is 0 Å². The first-order valence-electron chi connectivity index (χ1n) is 6.53. The third kappa shape index (κ3) is 1.94. The molecule has 0 unspecified atom stereocenters. The molecule has 0 radical (unpaired) electrons. The van der Waals surface area contributed by atoms with Crippen LogP contribution >= 0.6 is 0 Å². The Morgan fingerprint density at radius 3 is 2.53 bits per heavy atom. The summed E-state index contributed by atoms with van der Waals surface area (Å²) in [6.07, 6.45) is 6.92. The van der Waals surface area contributed by atoms with Gasteiger partial charge in [-0.1, -0.05) is 60.7 Å². The van der Waals surface area contributed by atoms with Gasteiger partial charge >= 0.3 is 0 Å². The van der Waals surface area contributed by atoms with Crippen molar-refractivity contribution in [3.63, 3.8) is 0 Å². The summed E-state index contributed by atoms with van der Waals surface area (Å²) in [5.41, 5.74) is 2.91. The Kier molecular flexibility index (Phi) is 3.27. The van der Waals surface area contributed by atoms with Gasteiger partial charge in [0.1, 0.15) is 0 Å². The van der Waals surface area contributed by atoms with Crippen molar-refractivity contribution >= 4 is 27.6 Å². The molecule has 1 aliphatic rings. The number of allylic oxidation sites excluding steroid dienone is 1. The summed E-state index contributed by atoms with van der Waals surface area (Å²) in [4.78, 5) is 0. The molecular formula is C18H14Pd. The van der Waals surface area contributed by atoms with Crippen molar-refractivity contribution in [3.05, 3.63) is 65.7 Å². The van der Waals surface area contributed by atoms with E-state index in [2.05, 4.69) is 60.7 Å². The Balaban J connectivity index is 0.00000110. The van der Waals surface area contributed by atoms with Crippen LogP contribution in [0, 0.1) is 0 Å². The molecule has 3 aromatic rings. The van der Waals surface area contributed by atoms with Gasteiger partial charge in [0.15, 0.2) is 0 Å². The molecule has 0 N–H and O–H groups in total. The average Bonchev–Trinajstić information content (AvgIpc) is 2.46. The molecule has 0 atom stereocenters. The molecule has 0 spiro atoms. The van der Waals surface area contributed by atoms with Crippen LogP contribution < -0.4 is 0 Å². The fourth-order valence-electron chi connectivity index (χ4n) is 3.01. The zero-order valence-electron chi connectivity index (χ0n) is 10.5. The molecule has 0 nitrogen and oxygen atoms in total. The monoisotopic (exact) mass is 336 g/mol. The SMILES string of the molecule is C1=Cc2c(ccc3c2ccc2ccccc23)CC1.[Pd]. The first kappa shape index (κ1) is 12.6. The molecule has 96 valence electrons. The van der Waals surface area contributed by atoms with Crippen molar-refractivity contribution in [3.8, 4) is 0 Å². The fraction of sp³-hybridized carbons (Fsp3) is 0.111. The summed E-state index contributed by atoms with van der Waals surface area (Å²) in [6.45, 7) is 0. The summed E-state index contributed by atoms with van der Waals surface area (Å²) >= 11 is 0. The minimum absolute atomic E-state index is 0. The molecule has 0 heterocycles. The quantitative estimate of drug-likeness (QED) is 0.402. The van der Waals surface area contributed by atoms with Gasteiger partial charge in [0, 0.05) is 20.4 Å². The van der Waals surface area contributed by atoms with Crippen LogP contribution in [0.4, 0.5) is 0 Å². The number of rotatable bonds is 0. The maximum absolute atomic E-state index is 2.30. The first-order chi connectivity index (χ1) is 8.93. The third-order valence-electron chi connectivity index (χ3n) is 3.92. The van der Waals surface area contributed by atoms with Crippen LogP contribution in [-0.2, 0) is 26.8 Å². The largest absolute Gasteiger partial charge is 0.0836 e. The van der Waals surface area contributed by atoms with Gasteiger partial charge in [-0.25, -0.2) is 0 Å². The van der Waals surface area contributed by atoms with E-state index in [1.54, 1.807) is 0 Å². The van der Waals surface area contributed by atoms with Gasteiger partial charge in [-0.2, -0.15) is 0 Å². The molecule has 4 rings (SSSR count). The van der Waals surface area contributed by atoms with E-state index in [4.69, 9.17) is 0 Å². The topological polar surface area (TPSA) is 0 Å². The smallest absolute Gasteiger partial charge is 0 e. The second-order valence-corrected chi connectivity index (χ2v) is 4.96. The molecule has 0 saturated heterocycles. The van der Waals surface area contributed by atoms with E-state index in [0.717, 1.165) is 0 Å². The van der Waals surface area contributed by atoms with E-state index in [0.29, 0.717) is 0 Å². The maximum Gasteiger partial charge on any atom is 0 e. The summed E-state index contributed by atoms with van der Waals surface area (Å²) in [7, 11) is 0. The summed E-state index contributed by atoms with van der Waals surface area (Å²) in [5, 5.41) is 5.45. The van der Waals surface area contributed by atoms with Crippen LogP contribution in [0.25, 0.3) is 27.6 Å². The van der Waals surface area contributed by atoms with E-state index >= 15 is 0 Å². The third-order valence-corrected chi connectivity index (χ3v) is 3.92. The summed E-state index contributed by atoms with van der Waals surface area (Å²) in [6, 6.07) is 17.7. The van der Waals surface area contributed by atoms with E-state index in [9.17, 15) is 0 Å². The van der Waals surface area contributed by atoms with E-state index < -0.39 is 0 Å². The number of hydrogen-bond donors (Lipinski definition) is 0. The molecule has 1 aliphatic carbocycles. The van der Waals surface area contributed by atoms with Crippen LogP contribution in [-0.4, -0.2) is 0 Å². The Labute approximate surface area is 126 Å². The zero-order chi connectivity index (χ0) is 11.9. The second-order valence-electron chi connectivity index (χ2n) is 4.96. The van der Waals surface area contributed by atoms with Crippen molar-refractivity contribution in [2.45, 2.75) is 12.8 Å². The van der Waals surface area contributed by atoms with Crippen LogP contribution in [0.3, 0.4) is 0 Å². The number of fused-ring (bicyclic) bond motifs is 5. The number of benzene rings is 3. The van der Waals surface area contributed by atoms with Crippen LogP contribution in [0.15, 0.2) is 54.6 Å². The molecule has 0 aliphatic heterocycles. The second kappa shape index (κ2) is 4.93. The Hall–Kier alpha value is -1.42. The van der Waals surface area contributed by atoms with Gasteiger partial charge in [0.25, 0.3) is 0 Å². The Morgan fingerprint density at radius 1 is 0.737 bits per heavy atom. The summed E-state index contributed by atoms with van der Waals surface area (Å²) in [5.74, 6) is 0. The van der Waals surface area contributed by atoms with Gasteiger partial charge in [-0.05, 0) is 45.5 Å². The maximum atomic E-state index is 2.30. The predicted octanol–water partition coefficient (Wildman–Crippen LogP) is 4.95. The minimum Gasteiger partial charge on any atom is -0.0836 e. The van der Waals surface area contributed by atoms with Crippen LogP contribution in [0.2, 0.25) is 0 Å². The van der Waals surface area contributed by atoms with Crippen molar-refractivity contribution in [2.75, 3.05) is 0 Å². The van der Waals surface area contributed by atoms with Gasteiger partial charge in [-0.15, -0.1) is 0 Å². The van der Waals surface area contributed by atoms with Gasteiger partial charge in [-0.3, -0.25) is 0 Å². The molecular weight excluding hydrogens is 323 g/mol. The Morgan fingerprint density at radius 2 is 1.58 bits per heavy atom. The number of aryl methyl sites for hydroxylation is 1. The van der Waals surface area contributed by atoms with Crippen molar-refractivity contribution in [1.29, 1.82) is 0 Å². The minimum atomic E-state index is 0. The molecule has 0 amide bonds. The van der Waals surface area contributed by atoms with Crippen LogP contribution in [0.5, 0.6) is 0 Å². The molecule has 0 aromatic heterocycles. The molecule has 0 saturated carbocycles. The molecule has 1 heteroatoms. The normalized spacial score (nSPS) is 13.3. The average molecular weight is 337 g/mol. The predicted molar refractivity (Wildman–Crippen MR) is 78.8 cm³/mol. The van der Waals surface area contributed by atoms with Gasteiger partial charge < -0.3 is 0 Å². The van der Waals surface area contributed by atoms with E-state index in [1.165, 1.54) is 45.5 Å². The van der Waals surface area contributed by atoms with E-state index in [-0.39, 0.29) is 20.4 Å². The molecule has 0 bridgehead atoms. The Bertz CT molecular complexity index is 784. The van der Waals surface area contributed by atoms with E-state index in [1.807, 2.05) is 0 Å². The standard InChI is InChI=1S/C18H14.Pd/c1-3-7-15-13(5-1)9-11-18-16-8-4-2-6-14(16)10-12-17(15)18;/h1,3-5,7-12H,2,6H2;. The zero-order valence-corrected chi connectivity index (χ0v) is 12.1.